The van der Waals surface area contributed by atoms with Gasteiger partial charge < -0.3 is 9.84 Å². The van der Waals surface area contributed by atoms with Crippen LogP contribution in [-0.4, -0.2) is 23.2 Å². The second kappa shape index (κ2) is 8.42. The molecule has 3 aromatic rings. The number of carbonyl (C=O) groups excluding carboxylic acids is 2. The number of rotatable bonds is 4. The average Bonchev–Trinajstić information content (AvgIpc) is 3.04. The fourth-order valence-corrected chi connectivity index (χ4v) is 3.64. The number of halogens is 4. The summed E-state index contributed by atoms with van der Waals surface area (Å²) in [6.07, 6.45) is -4.95. The molecule has 1 saturated heterocycles. The second-order valence-corrected chi connectivity index (χ2v) is 7.13. The number of aliphatic hydroxyl groups is 1. The van der Waals surface area contributed by atoms with E-state index in [0.29, 0.717) is 5.56 Å². The molecule has 1 amide bonds. The minimum Gasteiger partial charge on any atom is -0.507 e. The molecule has 0 saturated carbocycles. The maximum atomic E-state index is 13.3. The largest absolute Gasteiger partial charge is 0.573 e. The Hall–Kier alpha value is -4.14. The standard InChI is InChI=1S/C24H15F4NO4/c25-16-11-9-15(10-12-16)21(30)19-20(14-5-2-1-3-6-14)29(23(32)22(19)31)17-7-4-8-18(13-17)33-24(26,27)28/h1-13,20,30H/b21-19+. The van der Waals surface area contributed by atoms with E-state index in [1.807, 2.05) is 0 Å². The number of aliphatic hydroxyl groups excluding tert-OH is 1. The van der Waals surface area contributed by atoms with E-state index >= 15 is 0 Å². The first-order valence-corrected chi connectivity index (χ1v) is 9.63. The van der Waals surface area contributed by atoms with Gasteiger partial charge in [0, 0.05) is 17.3 Å². The highest BCUT2D eigenvalue weighted by Crippen LogP contribution is 2.43. The quantitative estimate of drug-likeness (QED) is 0.248. The molecule has 1 N–H and O–H groups in total. The summed E-state index contributed by atoms with van der Waals surface area (Å²) in [7, 11) is 0. The zero-order valence-corrected chi connectivity index (χ0v) is 16.7. The first kappa shape index (κ1) is 22.1. The third kappa shape index (κ3) is 4.43. The smallest absolute Gasteiger partial charge is 0.507 e. The molecule has 9 heteroatoms. The highest BCUT2D eigenvalue weighted by Gasteiger charge is 2.47. The number of Topliss-reactive ketones (excluding diaryl/α,β-unsaturated/α-hetero) is 1. The van der Waals surface area contributed by atoms with Gasteiger partial charge >= 0.3 is 6.36 Å². The Balaban J connectivity index is 1.88. The molecule has 0 aliphatic carbocycles. The predicted octanol–water partition coefficient (Wildman–Crippen LogP) is 5.35. The zero-order valence-electron chi connectivity index (χ0n) is 16.7. The SMILES string of the molecule is O=C1C(=O)N(c2cccc(OC(F)(F)F)c2)C(c2ccccc2)/C1=C(\O)c1ccc(F)cc1. The van der Waals surface area contributed by atoms with Crippen molar-refractivity contribution in [3.05, 3.63) is 101 Å². The number of ether oxygens (including phenoxy) is 1. The van der Waals surface area contributed by atoms with E-state index in [1.54, 1.807) is 30.3 Å². The van der Waals surface area contributed by atoms with Gasteiger partial charge in [-0.05, 0) is 42.0 Å². The molecule has 3 aromatic carbocycles. The van der Waals surface area contributed by atoms with Crippen molar-refractivity contribution >= 4 is 23.1 Å². The lowest BCUT2D eigenvalue weighted by molar-refractivity contribution is -0.274. The zero-order chi connectivity index (χ0) is 23.8. The van der Waals surface area contributed by atoms with Gasteiger partial charge in [0.1, 0.15) is 17.3 Å². The van der Waals surface area contributed by atoms with Crippen LogP contribution in [0.1, 0.15) is 17.2 Å². The van der Waals surface area contributed by atoms with Crippen LogP contribution >= 0.6 is 0 Å². The van der Waals surface area contributed by atoms with Crippen LogP contribution in [-0.2, 0) is 9.59 Å². The van der Waals surface area contributed by atoms with Gasteiger partial charge in [-0.3, -0.25) is 14.5 Å². The maximum absolute atomic E-state index is 13.3. The van der Waals surface area contributed by atoms with Crippen molar-refractivity contribution in [2.45, 2.75) is 12.4 Å². The van der Waals surface area contributed by atoms with Crippen molar-refractivity contribution in [1.82, 2.24) is 0 Å². The van der Waals surface area contributed by atoms with E-state index in [0.717, 1.165) is 29.2 Å². The number of anilines is 1. The molecule has 5 nitrogen and oxygen atoms in total. The third-order valence-electron chi connectivity index (χ3n) is 5.01. The van der Waals surface area contributed by atoms with Crippen LogP contribution in [0.5, 0.6) is 5.75 Å². The van der Waals surface area contributed by atoms with Gasteiger partial charge in [-0.15, -0.1) is 13.2 Å². The molecule has 1 aliphatic rings. The van der Waals surface area contributed by atoms with Crippen LogP contribution in [0.25, 0.3) is 5.76 Å². The van der Waals surface area contributed by atoms with E-state index in [1.165, 1.54) is 24.3 Å². The van der Waals surface area contributed by atoms with Gasteiger partial charge in [0.2, 0.25) is 0 Å². The number of ketones is 1. The lowest BCUT2D eigenvalue weighted by Gasteiger charge is -2.26. The van der Waals surface area contributed by atoms with E-state index in [2.05, 4.69) is 4.74 Å². The van der Waals surface area contributed by atoms with Gasteiger partial charge in [-0.2, -0.15) is 0 Å². The Kier molecular flexibility index (Phi) is 5.63. The lowest BCUT2D eigenvalue weighted by Crippen LogP contribution is -2.29. The van der Waals surface area contributed by atoms with Gasteiger partial charge in [-0.25, -0.2) is 4.39 Å². The van der Waals surface area contributed by atoms with Crippen LogP contribution < -0.4 is 9.64 Å². The number of hydrogen-bond donors (Lipinski definition) is 1. The van der Waals surface area contributed by atoms with Crippen LogP contribution in [0, 0.1) is 5.82 Å². The Bertz CT molecular complexity index is 1240. The molecule has 0 spiro atoms. The predicted molar refractivity (Wildman–Crippen MR) is 111 cm³/mol. The molecule has 33 heavy (non-hydrogen) atoms. The Labute approximate surface area is 185 Å². The lowest BCUT2D eigenvalue weighted by atomic mass is 9.95. The van der Waals surface area contributed by atoms with Crippen LogP contribution in [0.2, 0.25) is 0 Å². The van der Waals surface area contributed by atoms with Crippen molar-refractivity contribution < 1.29 is 37.0 Å². The molecule has 1 atom stereocenters. The highest BCUT2D eigenvalue weighted by atomic mass is 19.4. The van der Waals surface area contributed by atoms with Gasteiger partial charge in [0.05, 0.1) is 11.6 Å². The molecular formula is C24H15F4NO4. The van der Waals surface area contributed by atoms with E-state index < -0.39 is 41.4 Å². The molecule has 0 radical (unpaired) electrons. The van der Waals surface area contributed by atoms with Crippen LogP contribution in [0.3, 0.4) is 0 Å². The minimum absolute atomic E-state index is 0.0362. The van der Waals surface area contributed by atoms with Gasteiger partial charge in [0.25, 0.3) is 11.7 Å². The molecule has 0 bridgehead atoms. The first-order chi connectivity index (χ1) is 15.7. The molecule has 1 fully saturated rings. The summed E-state index contributed by atoms with van der Waals surface area (Å²) >= 11 is 0. The van der Waals surface area contributed by atoms with Crippen molar-refractivity contribution in [3.63, 3.8) is 0 Å². The third-order valence-corrected chi connectivity index (χ3v) is 5.01. The van der Waals surface area contributed by atoms with Crippen LogP contribution in [0.15, 0.2) is 84.4 Å². The molecule has 1 aliphatic heterocycles. The second-order valence-electron chi connectivity index (χ2n) is 7.13. The van der Waals surface area contributed by atoms with Gasteiger partial charge in [0.15, 0.2) is 0 Å². The van der Waals surface area contributed by atoms with Crippen molar-refractivity contribution in [2.75, 3.05) is 4.90 Å². The average molecular weight is 457 g/mol. The number of benzene rings is 3. The molecular weight excluding hydrogens is 442 g/mol. The van der Waals surface area contributed by atoms with Gasteiger partial charge in [-0.1, -0.05) is 36.4 Å². The number of carbonyl (C=O) groups is 2. The van der Waals surface area contributed by atoms with Crippen molar-refractivity contribution in [1.29, 1.82) is 0 Å². The number of alkyl halides is 3. The fourth-order valence-electron chi connectivity index (χ4n) is 3.64. The Morgan fingerprint density at radius 3 is 2.21 bits per heavy atom. The topological polar surface area (TPSA) is 66.8 Å². The molecule has 1 unspecified atom stereocenters. The number of hydrogen-bond acceptors (Lipinski definition) is 4. The van der Waals surface area contributed by atoms with E-state index in [9.17, 15) is 32.3 Å². The van der Waals surface area contributed by atoms with Crippen LogP contribution in [0.4, 0.5) is 23.2 Å². The summed E-state index contributed by atoms with van der Waals surface area (Å²) in [5.74, 6) is -3.75. The molecule has 4 rings (SSSR count). The molecule has 0 aromatic heterocycles. The number of amides is 1. The van der Waals surface area contributed by atoms with E-state index in [4.69, 9.17) is 0 Å². The first-order valence-electron chi connectivity index (χ1n) is 9.63. The molecule has 1 heterocycles. The summed E-state index contributed by atoms with van der Waals surface area (Å²) in [6, 6.07) is 16.4. The highest BCUT2D eigenvalue weighted by molar-refractivity contribution is 6.51. The fraction of sp³-hybridized carbons (Fsp3) is 0.0833. The summed E-state index contributed by atoms with van der Waals surface area (Å²) in [5, 5.41) is 10.9. The Morgan fingerprint density at radius 2 is 1.58 bits per heavy atom. The summed E-state index contributed by atoms with van der Waals surface area (Å²) in [6.45, 7) is 0. The summed E-state index contributed by atoms with van der Waals surface area (Å²) < 4.78 is 55.3. The monoisotopic (exact) mass is 457 g/mol. The van der Waals surface area contributed by atoms with Crippen molar-refractivity contribution in [3.8, 4) is 5.75 Å². The normalized spacial score (nSPS) is 17.9. The molecule has 168 valence electrons. The summed E-state index contributed by atoms with van der Waals surface area (Å²) in [5.41, 5.74) is 0.220. The maximum Gasteiger partial charge on any atom is 0.573 e. The Morgan fingerprint density at radius 1 is 0.909 bits per heavy atom. The van der Waals surface area contributed by atoms with E-state index in [-0.39, 0.29) is 16.8 Å². The van der Waals surface area contributed by atoms with Crippen molar-refractivity contribution in [2.24, 2.45) is 0 Å². The minimum atomic E-state index is -4.95. The number of nitrogens with zero attached hydrogens (tertiary/aromatic N) is 1. The summed E-state index contributed by atoms with van der Waals surface area (Å²) in [4.78, 5) is 27.0.